The minimum atomic E-state index is -0.674. The van der Waals surface area contributed by atoms with E-state index in [9.17, 15) is 9.50 Å². The number of aliphatic hydroxyl groups excluding tert-OH is 1. The Balaban J connectivity index is 1.89. The summed E-state index contributed by atoms with van der Waals surface area (Å²) >= 11 is 1.68. The fourth-order valence-electron chi connectivity index (χ4n) is 1.81. The first-order valence-corrected chi connectivity index (χ1v) is 7.43. The molecule has 0 radical (unpaired) electrons. The van der Waals surface area contributed by atoms with Crippen molar-refractivity contribution >= 4 is 11.8 Å². The van der Waals surface area contributed by atoms with E-state index in [1.165, 1.54) is 17.0 Å². The van der Waals surface area contributed by atoms with Gasteiger partial charge in [-0.25, -0.2) is 4.39 Å². The van der Waals surface area contributed by atoms with Gasteiger partial charge in [-0.15, -0.1) is 11.8 Å². The predicted octanol–water partition coefficient (Wildman–Crippen LogP) is 4.05. The molecule has 20 heavy (non-hydrogen) atoms. The minimum Gasteiger partial charge on any atom is -0.492 e. The van der Waals surface area contributed by atoms with Crippen LogP contribution in [-0.4, -0.2) is 17.5 Å². The number of rotatable bonds is 6. The third kappa shape index (κ3) is 4.25. The van der Waals surface area contributed by atoms with Crippen LogP contribution in [0.1, 0.15) is 18.6 Å². The van der Waals surface area contributed by atoms with Crippen LogP contribution in [0.3, 0.4) is 0 Å². The van der Waals surface area contributed by atoms with Crippen LogP contribution in [0.15, 0.2) is 53.4 Å². The Morgan fingerprint density at radius 2 is 1.95 bits per heavy atom. The molecule has 0 aliphatic heterocycles. The molecule has 2 rings (SSSR count). The lowest BCUT2D eigenvalue weighted by molar-refractivity contribution is 0.192. The van der Waals surface area contributed by atoms with Crippen molar-refractivity contribution in [3.8, 4) is 5.75 Å². The molecule has 2 aromatic rings. The molecule has 2 nitrogen and oxygen atoms in total. The van der Waals surface area contributed by atoms with Gasteiger partial charge in [0.05, 0.1) is 12.7 Å². The summed E-state index contributed by atoms with van der Waals surface area (Å²) in [6.07, 6.45) is -0.674. The molecule has 0 bridgehead atoms. The van der Waals surface area contributed by atoms with Crippen LogP contribution in [0.4, 0.5) is 4.39 Å². The Kier molecular flexibility index (Phi) is 5.44. The summed E-state index contributed by atoms with van der Waals surface area (Å²) in [5.41, 5.74) is 0.608. The topological polar surface area (TPSA) is 29.5 Å². The molecule has 0 saturated carbocycles. The molecule has 1 atom stereocenters. The van der Waals surface area contributed by atoms with Crippen molar-refractivity contribution < 1.29 is 14.2 Å². The van der Waals surface area contributed by atoms with Crippen LogP contribution in [0, 0.1) is 5.82 Å². The summed E-state index contributed by atoms with van der Waals surface area (Å²) in [6.45, 7) is 2.10. The zero-order valence-corrected chi connectivity index (χ0v) is 12.1. The highest BCUT2D eigenvalue weighted by Gasteiger charge is 2.10. The maximum Gasteiger partial charge on any atom is 0.128 e. The SMILES string of the molecule is C[C@@H](O)c1ccc(F)cc1OCCSc1ccccc1. The van der Waals surface area contributed by atoms with Gasteiger partial charge in [0.2, 0.25) is 0 Å². The third-order valence-electron chi connectivity index (χ3n) is 2.78. The second-order valence-corrected chi connectivity index (χ2v) is 5.54. The summed E-state index contributed by atoms with van der Waals surface area (Å²) in [7, 11) is 0. The van der Waals surface area contributed by atoms with Gasteiger partial charge < -0.3 is 9.84 Å². The van der Waals surface area contributed by atoms with Crippen molar-refractivity contribution in [3.63, 3.8) is 0 Å². The standard InChI is InChI=1S/C16H17FO2S/c1-12(18)15-8-7-13(17)11-16(15)19-9-10-20-14-5-3-2-4-6-14/h2-8,11-12,18H,9-10H2,1H3/t12-/m1/s1. The van der Waals surface area contributed by atoms with Gasteiger partial charge in [0, 0.05) is 22.3 Å². The highest BCUT2D eigenvalue weighted by Crippen LogP contribution is 2.26. The molecule has 4 heteroatoms. The fraction of sp³-hybridized carbons (Fsp3) is 0.250. The molecule has 1 N–H and O–H groups in total. The molecule has 0 heterocycles. The molecular formula is C16H17FO2S. The fourth-order valence-corrected chi connectivity index (χ4v) is 2.56. The monoisotopic (exact) mass is 292 g/mol. The lowest BCUT2D eigenvalue weighted by Gasteiger charge is -2.13. The maximum atomic E-state index is 13.2. The van der Waals surface area contributed by atoms with E-state index in [-0.39, 0.29) is 5.82 Å². The number of ether oxygens (including phenoxy) is 1. The predicted molar refractivity (Wildman–Crippen MR) is 79.7 cm³/mol. The second kappa shape index (κ2) is 7.31. The van der Waals surface area contributed by atoms with Crippen LogP contribution in [0.2, 0.25) is 0 Å². The highest BCUT2D eigenvalue weighted by atomic mass is 32.2. The second-order valence-electron chi connectivity index (χ2n) is 4.37. The third-order valence-corrected chi connectivity index (χ3v) is 3.75. The van der Waals surface area contributed by atoms with Crippen LogP contribution in [0.25, 0.3) is 0 Å². The number of thioether (sulfide) groups is 1. The zero-order chi connectivity index (χ0) is 14.4. The Bertz CT molecular complexity index is 543. The molecule has 0 aliphatic rings. The van der Waals surface area contributed by atoms with E-state index in [0.29, 0.717) is 17.9 Å². The first kappa shape index (κ1) is 14.9. The van der Waals surface area contributed by atoms with E-state index < -0.39 is 6.10 Å². The highest BCUT2D eigenvalue weighted by molar-refractivity contribution is 7.99. The summed E-state index contributed by atoms with van der Waals surface area (Å²) in [4.78, 5) is 1.17. The average Bonchev–Trinajstić information content (AvgIpc) is 2.44. The first-order chi connectivity index (χ1) is 9.66. The minimum absolute atomic E-state index is 0.361. The molecule has 2 aromatic carbocycles. The normalized spacial score (nSPS) is 12.2. The van der Waals surface area contributed by atoms with Crippen LogP contribution in [0.5, 0.6) is 5.75 Å². The summed E-state index contributed by atoms with van der Waals surface area (Å²) in [5.74, 6) is 0.813. The van der Waals surface area contributed by atoms with Gasteiger partial charge in [-0.1, -0.05) is 18.2 Å². The van der Waals surface area contributed by atoms with Crippen LogP contribution in [-0.2, 0) is 0 Å². The first-order valence-electron chi connectivity index (χ1n) is 6.45. The van der Waals surface area contributed by atoms with Gasteiger partial charge in [-0.05, 0) is 31.2 Å². The van der Waals surface area contributed by atoms with E-state index >= 15 is 0 Å². The smallest absolute Gasteiger partial charge is 0.128 e. The molecule has 0 spiro atoms. The summed E-state index contributed by atoms with van der Waals surface area (Å²) in [6, 6.07) is 14.2. The quantitative estimate of drug-likeness (QED) is 0.643. The van der Waals surface area contributed by atoms with E-state index in [1.807, 2.05) is 30.3 Å². The average molecular weight is 292 g/mol. The van der Waals surface area contributed by atoms with E-state index in [0.717, 1.165) is 5.75 Å². The van der Waals surface area contributed by atoms with Crippen LogP contribution < -0.4 is 4.74 Å². The number of hydrogen-bond acceptors (Lipinski definition) is 3. The number of hydrogen-bond donors (Lipinski definition) is 1. The molecule has 0 saturated heterocycles. The lowest BCUT2D eigenvalue weighted by Crippen LogP contribution is -2.04. The Morgan fingerprint density at radius 3 is 2.65 bits per heavy atom. The molecule has 106 valence electrons. The van der Waals surface area contributed by atoms with Crippen molar-refractivity contribution in [2.45, 2.75) is 17.9 Å². The van der Waals surface area contributed by atoms with Gasteiger partial charge in [0.25, 0.3) is 0 Å². The molecular weight excluding hydrogens is 275 g/mol. The van der Waals surface area contributed by atoms with Gasteiger partial charge in [0.15, 0.2) is 0 Å². The van der Waals surface area contributed by atoms with Crippen molar-refractivity contribution in [1.29, 1.82) is 0 Å². The summed E-state index contributed by atoms with van der Waals surface area (Å²) in [5, 5.41) is 9.62. The van der Waals surface area contributed by atoms with Crippen molar-refractivity contribution in [2.75, 3.05) is 12.4 Å². The maximum absolute atomic E-state index is 13.2. The van der Waals surface area contributed by atoms with Gasteiger partial charge >= 0.3 is 0 Å². The zero-order valence-electron chi connectivity index (χ0n) is 11.3. The van der Waals surface area contributed by atoms with E-state index in [4.69, 9.17) is 4.74 Å². The van der Waals surface area contributed by atoms with Gasteiger partial charge in [-0.3, -0.25) is 0 Å². The molecule has 0 aliphatic carbocycles. The number of halogens is 1. The van der Waals surface area contributed by atoms with Crippen LogP contribution >= 0.6 is 11.8 Å². The van der Waals surface area contributed by atoms with Gasteiger partial charge in [0.1, 0.15) is 11.6 Å². The van der Waals surface area contributed by atoms with Crippen molar-refractivity contribution in [3.05, 3.63) is 59.9 Å². The molecule has 0 amide bonds. The van der Waals surface area contributed by atoms with Gasteiger partial charge in [-0.2, -0.15) is 0 Å². The Morgan fingerprint density at radius 1 is 1.20 bits per heavy atom. The Hall–Kier alpha value is -1.52. The lowest BCUT2D eigenvalue weighted by atomic mass is 10.1. The summed E-state index contributed by atoms with van der Waals surface area (Å²) < 4.78 is 18.8. The molecule has 0 unspecified atom stereocenters. The van der Waals surface area contributed by atoms with E-state index in [2.05, 4.69) is 0 Å². The molecule has 0 fully saturated rings. The Labute approximate surface area is 122 Å². The number of aliphatic hydroxyl groups is 1. The largest absolute Gasteiger partial charge is 0.492 e. The van der Waals surface area contributed by atoms with Crippen molar-refractivity contribution in [1.82, 2.24) is 0 Å². The molecule has 0 aromatic heterocycles. The van der Waals surface area contributed by atoms with Crippen molar-refractivity contribution in [2.24, 2.45) is 0 Å². The van der Waals surface area contributed by atoms with E-state index in [1.54, 1.807) is 24.8 Å². The number of benzene rings is 2.